The predicted molar refractivity (Wildman–Crippen MR) is 107 cm³/mol. The number of pyridine rings is 2. The highest BCUT2D eigenvalue weighted by Crippen LogP contribution is 2.45. The highest BCUT2D eigenvalue weighted by atomic mass is 32.1. The van der Waals surface area contributed by atoms with Crippen molar-refractivity contribution in [1.29, 1.82) is 0 Å². The van der Waals surface area contributed by atoms with Gasteiger partial charge in [0, 0.05) is 17.1 Å². The third kappa shape index (κ3) is 2.65. The fourth-order valence-corrected chi connectivity index (χ4v) is 4.93. The molecule has 5 rings (SSSR count). The molecule has 27 heavy (non-hydrogen) atoms. The van der Waals surface area contributed by atoms with Crippen LogP contribution in [-0.4, -0.2) is 22.1 Å². The van der Waals surface area contributed by atoms with E-state index in [4.69, 9.17) is 4.74 Å². The summed E-state index contributed by atoms with van der Waals surface area (Å²) < 4.78 is 6.00. The van der Waals surface area contributed by atoms with Gasteiger partial charge >= 0.3 is 6.03 Å². The Morgan fingerprint density at radius 1 is 1.22 bits per heavy atom. The quantitative estimate of drug-likeness (QED) is 0.668. The first kappa shape index (κ1) is 16.5. The van der Waals surface area contributed by atoms with Crippen LogP contribution < -0.4 is 15.0 Å². The van der Waals surface area contributed by atoms with E-state index in [0.717, 1.165) is 50.6 Å². The van der Waals surface area contributed by atoms with E-state index in [9.17, 15) is 4.79 Å². The topological polar surface area (TPSA) is 67.3 Å². The summed E-state index contributed by atoms with van der Waals surface area (Å²) in [5, 5.41) is 4.01. The third-order valence-corrected chi connectivity index (χ3v) is 6.32. The number of rotatable bonds is 3. The number of ether oxygens (including phenoxy) is 1. The van der Waals surface area contributed by atoms with E-state index in [0.29, 0.717) is 5.88 Å². The van der Waals surface area contributed by atoms with Crippen molar-refractivity contribution in [1.82, 2.24) is 9.97 Å². The highest BCUT2D eigenvalue weighted by Gasteiger charge is 2.31. The molecule has 3 aromatic heterocycles. The fourth-order valence-electron chi connectivity index (χ4n) is 3.96. The van der Waals surface area contributed by atoms with Gasteiger partial charge in [0.2, 0.25) is 5.88 Å². The van der Waals surface area contributed by atoms with Gasteiger partial charge in [-0.05, 0) is 51.2 Å². The summed E-state index contributed by atoms with van der Waals surface area (Å²) in [7, 11) is 0. The first-order chi connectivity index (χ1) is 13.1. The van der Waals surface area contributed by atoms with Gasteiger partial charge in [-0.25, -0.2) is 14.8 Å². The summed E-state index contributed by atoms with van der Waals surface area (Å²) in [6.07, 6.45) is 8.36. The molecular weight excluding hydrogens is 360 g/mol. The Balaban J connectivity index is 1.56. The average Bonchev–Trinajstić information content (AvgIpc) is 3.26. The molecule has 138 valence electrons. The Bertz CT molecular complexity index is 1060. The van der Waals surface area contributed by atoms with Gasteiger partial charge in [0.1, 0.15) is 10.9 Å². The molecule has 0 saturated heterocycles. The molecule has 1 N–H and O–H groups in total. The highest BCUT2D eigenvalue weighted by molar-refractivity contribution is 7.19. The number of hydrogen-bond acceptors (Lipinski definition) is 5. The average molecular weight is 380 g/mol. The number of nitrogens with one attached hydrogen (secondary N) is 1. The predicted octanol–water partition coefficient (Wildman–Crippen LogP) is 5.31. The third-order valence-electron chi connectivity index (χ3n) is 5.31. The maximum absolute atomic E-state index is 12.9. The largest absolute Gasteiger partial charge is 0.474 e. The number of aryl methyl sites for hydroxylation is 2. The minimum absolute atomic E-state index is 0.175. The van der Waals surface area contributed by atoms with Crippen LogP contribution >= 0.6 is 11.3 Å². The maximum Gasteiger partial charge on any atom is 0.331 e. The van der Waals surface area contributed by atoms with Crippen molar-refractivity contribution in [3.8, 4) is 5.88 Å². The molecule has 0 aromatic carbocycles. The molecule has 6 nitrogen and oxygen atoms in total. The van der Waals surface area contributed by atoms with Gasteiger partial charge in [-0.2, -0.15) is 0 Å². The van der Waals surface area contributed by atoms with Gasteiger partial charge < -0.3 is 10.1 Å². The van der Waals surface area contributed by atoms with Crippen LogP contribution in [0.25, 0.3) is 10.2 Å². The lowest BCUT2D eigenvalue weighted by atomic mass is 10.1. The lowest BCUT2D eigenvalue weighted by Gasteiger charge is -2.29. The molecule has 0 unspecified atom stereocenters. The molecular formula is C20H20N4O2S. The molecule has 2 amide bonds. The Hall–Kier alpha value is -2.67. The van der Waals surface area contributed by atoms with E-state index < -0.39 is 0 Å². The summed E-state index contributed by atoms with van der Waals surface area (Å²) in [6.45, 7) is 3.99. The summed E-state index contributed by atoms with van der Waals surface area (Å²) in [4.78, 5) is 25.5. The lowest BCUT2D eigenvalue weighted by Crippen LogP contribution is -2.34. The first-order valence-corrected chi connectivity index (χ1v) is 10.1. The fraction of sp³-hybridized carbons (Fsp3) is 0.350. The van der Waals surface area contributed by atoms with Gasteiger partial charge in [0.05, 0.1) is 28.6 Å². The van der Waals surface area contributed by atoms with E-state index in [-0.39, 0.29) is 12.1 Å². The lowest BCUT2D eigenvalue weighted by molar-refractivity contribution is 0.201. The second-order valence-corrected chi connectivity index (χ2v) is 8.35. The number of amides is 2. The number of thiophene rings is 1. The van der Waals surface area contributed by atoms with Gasteiger partial charge in [0.15, 0.2) is 0 Å². The second kappa shape index (κ2) is 6.20. The molecule has 0 spiro atoms. The Kier molecular flexibility index (Phi) is 3.79. The van der Waals surface area contributed by atoms with E-state index in [2.05, 4.69) is 15.3 Å². The Morgan fingerprint density at radius 3 is 2.81 bits per heavy atom. The van der Waals surface area contributed by atoms with Crippen molar-refractivity contribution >= 4 is 44.6 Å². The molecule has 0 bridgehead atoms. The standard InChI is InChI=1S/C20H20N4O2S/c1-11-9-16(26-13-5-3-4-6-13)22-10-15(11)24-14-7-8-21-19-17(14)18(12(2)27-19)23-20(24)25/h7-10,13H,3-6H2,1-2H3,(H,23,25). The number of aromatic nitrogens is 2. The van der Waals surface area contributed by atoms with Crippen molar-refractivity contribution in [2.45, 2.75) is 45.6 Å². The first-order valence-electron chi connectivity index (χ1n) is 9.24. The van der Waals surface area contributed by atoms with Crippen LogP contribution in [0.15, 0.2) is 24.5 Å². The zero-order valence-corrected chi connectivity index (χ0v) is 16.1. The number of urea groups is 1. The van der Waals surface area contributed by atoms with Crippen LogP contribution in [0.4, 0.5) is 21.9 Å². The van der Waals surface area contributed by atoms with Gasteiger partial charge in [-0.3, -0.25) is 4.90 Å². The molecule has 1 aliphatic carbocycles. The van der Waals surface area contributed by atoms with Crippen molar-refractivity contribution in [2.24, 2.45) is 0 Å². The minimum atomic E-state index is -0.175. The summed E-state index contributed by atoms with van der Waals surface area (Å²) in [6, 6.07) is 3.64. The van der Waals surface area contributed by atoms with Gasteiger partial charge in [0.25, 0.3) is 0 Å². The van der Waals surface area contributed by atoms with Crippen molar-refractivity contribution in [3.63, 3.8) is 0 Å². The minimum Gasteiger partial charge on any atom is -0.474 e. The molecule has 7 heteroatoms. The molecule has 2 aliphatic rings. The Morgan fingerprint density at radius 2 is 2.04 bits per heavy atom. The molecule has 1 aliphatic heterocycles. The zero-order valence-electron chi connectivity index (χ0n) is 15.3. The zero-order chi connectivity index (χ0) is 18.5. The van der Waals surface area contributed by atoms with Gasteiger partial charge in [-0.15, -0.1) is 11.3 Å². The number of hydrogen-bond donors (Lipinski definition) is 1. The number of carbonyl (C=O) groups is 1. The summed E-state index contributed by atoms with van der Waals surface area (Å²) >= 11 is 1.59. The normalized spacial score (nSPS) is 16.8. The van der Waals surface area contributed by atoms with Crippen LogP contribution in [0.5, 0.6) is 5.88 Å². The van der Waals surface area contributed by atoms with E-state index in [1.165, 1.54) is 12.8 Å². The van der Waals surface area contributed by atoms with Crippen molar-refractivity contribution in [2.75, 3.05) is 10.2 Å². The molecule has 0 atom stereocenters. The van der Waals surface area contributed by atoms with E-state index in [1.807, 2.05) is 26.0 Å². The number of nitrogens with zero attached hydrogens (tertiary/aromatic N) is 3. The van der Waals surface area contributed by atoms with Crippen LogP contribution in [0, 0.1) is 13.8 Å². The molecule has 3 aromatic rings. The van der Waals surface area contributed by atoms with Crippen LogP contribution in [-0.2, 0) is 0 Å². The number of anilines is 3. The van der Waals surface area contributed by atoms with Crippen molar-refractivity contribution < 1.29 is 9.53 Å². The van der Waals surface area contributed by atoms with Crippen LogP contribution in [0.1, 0.15) is 36.1 Å². The van der Waals surface area contributed by atoms with Crippen molar-refractivity contribution in [3.05, 3.63) is 35.0 Å². The molecule has 4 heterocycles. The summed E-state index contributed by atoms with van der Waals surface area (Å²) in [5.74, 6) is 0.632. The molecule has 1 fully saturated rings. The second-order valence-electron chi connectivity index (χ2n) is 7.14. The number of carbonyl (C=O) groups excluding carboxylic acids is 1. The maximum atomic E-state index is 12.9. The van der Waals surface area contributed by atoms with Crippen LogP contribution in [0.3, 0.4) is 0 Å². The molecule has 0 radical (unpaired) electrons. The SMILES string of the molecule is Cc1cc(OC2CCCC2)ncc1N1C(=O)Nc2c(C)sc3nccc1c23. The van der Waals surface area contributed by atoms with Crippen LogP contribution in [0.2, 0.25) is 0 Å². The Labute approximate surface area is 161 Å². The van der Waals surface area contributed by atoms with E-state index in [1.54, 1.807) is 28.6 Å². The van der Waals surface area contributed by atoms with E-state index >= 15 is 0 Å². The smallest absolute Gasteiger partial charge is 0.331 e. The monoisotopic (exact) mass is 380 g/mol. The molecule has 1 saturated carbocycles. The summed E-state index contributed by atoms with van der Waals surface area (Å²) in [5.41, 5.74) is 3.42. The van der Waals surface area contributed by atoms with Gasteiger partial charge in [-0.1, -0.05) is 0 Å².